The largest absolute Gasteiger partial charge is 0.435 e. The Labute approximate surface area is 137 Å². The summed E-state index contributed by atoms with van der Waals surface area (Å²) in [6.45, 7) is -1.36. The molecule has 1 atom stereocenters. The number of amides is 1. The Morgan fingerprint density at radius 3 is 2.83 bits per heavy atom. The van der Waals surface area contributed by atoms with E-state index in [1.165, 1.54) is 18.3 Å². The molecular weight excluding hydrogens is 320 g/mol. The molecule has 9 heteroatoms. The predicted molar refractivity (Wildman–Crippen MR) is 82.2 cm³/mol. The van der Waals surface area contributed by atoms with E-state index in [-0.39, 0.29) is 23.4 Å². The zero-order valence-corrected chi connectivity index (χ0v) is 12.8. The van der Waals surface area contributed by atoms with Crippen LogP contribution in [0.4, 0.5) is 14.5 Å². The molecule has 3 rings (SSSR count). The average Bonchev–Trinajstić information content (AvgIpc) is 3.10. The molecule has 7 nitrogen and oxygen atoms in total. The van der Waals surface area contributed by atoms with Crippen LogP contribution in [0.15, 0.2) is 30.5 Å². The van der Waals surface area contributed by atoms with Crippen LogP contribution in [-0.4, -0.2) is 47.1 Å². The van der Waals surface area contributed by atoms with E-state index in [1.807, 2.05) is 0 Å². The van der Waals surface area contributed by atoms with Crippen LogP contribution in [0, 0.1) is 0 Å². The number of nitrogens with zero attached hydrogens (tertiary/aromatic N) is 3. The van der Waals surface area contributed by atoms with Gasteiger partial charge in [0.25, 0.3) is 5.91 Å². The third-order valence-electron chi connectivity index (χ3n) is 3.83. The molecule has 1 fully saturated rings. The van der Waals surface area contributed by atoms with Gasteiger partial charge in [-0.1, -0.05) is 0 Å². The molecule has 0 unspecified atom stereocenters. The standard InChI is InChI=1S/C15H17F2N5O2/c16-15(17)24-12-5-3-11(4-6-12)22-7-1-2-10(9-22)19-14(23)13-8-18-21-20-13/h3-6,8,10,15H,1-2,7,9H2,(H,19,23)(H,18,20,21)/t10-/m0/s1. The predicted octanol–water partition coefficient (Wildman–Crippen LogP) is 1.80. The maximum Gasteiger partial charge on any atom is 0.387 e. The van der Waals surface area contributed by atoms with E-state index in [1.54, 1.807) is 12.1 Å². The Hall–Kier alpha value is -2.71. The smallest absolute Gasteiger partial charge is 0.387 e. The van der Waals surface area contributed by atoms with Gasteiger partial charge in [0, 0.05) is 24.8 Å². The summed E-state index contributed by atoms with van der Waals surface area (Å²) in [6.07, 6.45) is 3.16. The zero-order valence-electron chi connectivity index (χ0n) is 12.8. The number of benzene rings is 1. The first-order valence-corrected chi connectivity index (χ1v) is 7.58. The van der Waals surface area contributed by atoms with Crippen LogP contribution in [0.25, 0.3) is 0 Å². The highest BCUT2D eigenvalue weighted by Crippen LogP contribution is 2.23. The summed E-state index contributed by atoms with van der Waals surface area (Å²) < 4.78 is 28.7. The summed E-state index contributed by atoms with van der Waals surface area (Å²) in [5, 5.41) is 12.7. The minimum Gasteiger partial charge on any atom is -0.435 e. The number of halogens is 2. The zero-order chi connectivity index (χ0) is 16.9. The van der Waals surface area contributed by atoms with Crippen molar-refractivity contribution >= 4 is 11.6 Å². The molecule has 0 bridgehead atoms. The van der Waals surface area contributed by atoms with Crippen LogP contribution < -0.4 is 15.0 Å². The van der Waals surface area contributed by atoms with Crippen LogP contribution in [-0.2, 0) is 0 Å². The molecule has 24 heavy (non-hydrogen) atoms. The lowest BCUT2D eigenvalue weighted by molar-refractivity contribution is -0.0498. The van der Waals surface area contributed by atoms with E-state index in [0.29, 0.717) is 6.54 Å². The van der Waals surface area contributed by atoms with Crippen molar-refractivity contribution in [1.82, 2.24) is 20.7 Å². The Bertz CT molecular complexity index is 663. The fraction of sp³-hybridized carbons (Fsp3) is 0.400. The number of aromatic nitrogens is 3. The molecule has 1 amide bonds. The summed E-state index contributed by atoms with van der Waals surface area (Å²) >= 11 is 0. The fourth-order valence-electron chi connectivity index (χ4n) is 2.74. The molecule has 2 N–H and O–H groups in total. The van der Waals surface area contributed by atoms with Crippen molar-refractivity contribution in [1.29, 1.82) is 0 Å². The first kappa shape index (κ1) is 16.2. The summed E-state index contributed by atoms with van der Waals surface area (Å²) in [5.41, 5.74) is 1.15. The van der Waals surface area contributed by atoms with Gasteiger partial charge >= 0.3 is 6.61 Å². The number of aromatic amines is 1. The van der Waals surface area contributed by atoms with E-state index < -0.39 is 6.61 Å². The SMILES string of the molecule is O=C(N[C@H]1CCCN(c2ccc(OC(F)F)cc2)C1)c1cn[nH]n1. The van der Waals surface area contributed by atoms with Gasteiger partial charge in [-0.3, -0.25) is 4.79 Å². The van der Waals surface area contributed by atoms with Gasteiger partial charge < -0.3 is 15.0 Å². The number of carbonyl (C=O) groups excluding carboxylic acids is 1. The molecule has 1 aliphatic heterocycles. The summed E-state index contributed by atoms with van der Waals surface area (Å²) in [6, 6.07) is 6.48. The highest BCUT2D eigenvalue weighted by Gasteiger charge is 2.23. The molecule has 128 valence electrons. The first-order chi connectivity index (χ1) is 11.6. The third-order valence-corrected chi connectivity index (χ3v) is 3.83. The highest BCUT2D eigenvalue weighted by atomic mass is 19.3. The molecular formula is C15H17F2N5O2. The van der Waals surface area contributed by atoms with Crippen LogP contribution in [0.3, 0.4) is 0 Å². The van der Waals surface area contributed by atoms with Crippen molar-refractivity contribution in [3.63, 3.8) is 0 Å². The number of hydrogen-bond acceptors (Lipinski definition) is 5. The lowest BCUT2D eigenvalue weighted by atomic mass is 10.0. The van der Waals surface area contributed by atoms with Gasteiger partial charge in [-0.05, 0) is 37.1 Å². The number of H-pyrrole nitrogens is 1. The van der Waals surface area contributed by atoms with E-state index in [9.17, 15) is 13.6 Å². The van der Waals surface area contributed by atoms with Gasteiger partial charge in [-0.15, -0.1) is 0 Å². The number of ether oxygens (including phenoxy) is 1. The Balaban J connectivity index is 1.59. The number of anilines is 1. The van der Waals surface area contributed by atoms with Crippen molar-refractivity contribution in [3.05, 3.63) is 36.2 Å². The number of piperidine rings is 1. The molecule has 0 spiro atoms. The number of rotatable bonds is 5. The highest BCUT2D eigenvalue weighted by molar-refractivity contribution is 5.92. The molecule has 1 aliphatic rings. The number of nitrogens with one attached hydrogen (secondary N) is 2. The lowest BCUT2D eigenvalue weighted by Gasteiger charge is -2.34. The van der Waals surface area contributed by atoms with Crippen LogP contribution in [0.5, 0.6) is 5.75 Å². The molecule has 1 saturated heterocycles. The van der Waals surface area contributed by atoms with E-state index in [0.717, 1.165) is 25.1 Å². The maximum absolute atomic E-state index is 12.2. The number of carbonyl (C=O) groups is 1. The van der Waals surface area contributed by atoms with Crippen molar-refractivity contribution in [3.8, 4) is 5.75 Å². The van der Waals surface area contributed by atoms with Gasteiger partial charge in [-0.2, -0.15) is 24.2 Å². The topological polar surface area (TPSA) is 83.1 Å². The van der Waals surface area contributed by atoms with Crippen LogP contribution in [0.2, 0.25) is 0 Å². The Morgan fingerprint density at radius 2 is 2.17 bits per heavy atom. The maximum atomic E-state index is 12.2. The van der Waals surface area contributed by atoms with Crippen molar-refractivity contribution < 1.29 is 18.3 Å². The Morgan fingerprint density at radius 1 is 1.38 bits per heavy atom. The van der Waals surface area contributed by atoms with Crippen LogP contribution in [0.1, 0.15) is 23.3 Å². The van der Waals surface area contributed by atoms with Gasteiger partial charge in [0.05, 0.1) is 6.20 Å². The molecule has 1 aromatic heterocycles. The van der Waals surface area contributed by atoms with Gasteiger partial charge in [0.15, 0.2) is 5.69 Å². The summed E-state index contributed by atoms with van der Waals surface area (Å²) in [4.78, 5) is 14.1. The molecule has 0 saturated carbocycles. The molecule has 2 aromatic rings. The number of hydrogen-bond donors (Lipinski definition) is 2. The Kier molecular flexibility index (Phi) is 4.88. The minimum atomic E-state index is -2.83. The van der Waals surface area contributed by atoms with E-state index >= 15 is 0 Å². The van der Waals surface area contributed by atoms with Crippen molar-refractivity contribution in [2.45, 2.75) is 25.5 Å². The van der Waals surface area contributed by atoms with Gasteiger partial charge in [0.1, 0.15) is 5.75 Å². The minimum absolute atomic E-state index is 0.0139. The lowest BCUT2D eigenvalue weighted by Crippen LogP contribution is -2.47. The van der Waals surface area contributed by atoms with E-state index in [4.69, 9.17) is 0 Å². The molecule has 0 radical (unpaired) electrons. The normalized spacial score (nSPS) is 17.8. The molecule has 1 aromatic carbocycles. The van der Waals surface area contributed by atoms with E-state index in [2.05, 4.69) is 30.4 Å². The van der Waals surface area contributed by atoms with Crippen molar-refractivity contribution in [2.24, 2.45) is 0 Å². The molecule has 0 aliphatic carbocycles. The quantitative estimate of drug-likeness (QED) is 0.869. The second kappa shape index (κ2) is 7.24. The third kappa shape index (κ3) is 3.98. The summed E-state index contributed by atoms with van der Waals surface area (Å²) in [5.74, 6) is -0.141. The van der Waals surface area contributed by atoms with Crippen molar-refractivity contribution in [2.75, 3.05) is 18.0 Å². The van der Waals surface area contributed by atoms with Gasteiger partial charge in [-0.25, -0.2) is 0 Å². The monoisotopic (exact) mass is 337 g/mol. The fourth-order valence-corrected chi connectivity index (χ4v) is 2.74. The second-order valence-electron chi connectivity index (χ2n) is 5.49. The van der Waals surface area contributed by atoms with Crippen LogP contribution >= 0.6 is 0 Å². The average molecular weight is 337 g/mol. The molecule has 2 heterocycles. The first-order valence-electron chi connectivity index (χ1n) is 7.58. The number of alkyl halides is 2. The summed E-state index contributed by atoms with van der Waals surface area (Å²) in [7, 11) is 0. The van der Waals surface area contributed by atoms with Gasteiger partial charge in [0.2, 0.25) is 0 Å². The second-order valence-corrected chi connectivity index (χ2v) is 5.49.